The van der Waals surface area contributed by atoms with Gasteiger partial charge in [0.1, 0.15) is 5.82 Å². The summed E-state index contributed by atoms with van der Waals surface area (Å²) in [5, 5.41) is 9.17. The summed E-state index contributed by atoms with van der Waals surface area (Å²) in [5.41, 5.74) is 0. The average molecular weight is 168 g/mol. The molecule has 3 nitrogen and oxygen atoms in total. The van der Waals surface area contributed by atoms with Crippen LogP contribution in [-0.4, -0.2) is 20.8 Å². The molecule has 0 aromatic carbocycles. The first-order chi connectivity index (χ1) is 5.74. The Hall–Kier alpha value is -0.830. The van der Waals surface area contributed by atoms with Crippen molar-refractivity contribution >= 4 is 0 Å². The van der Waals surface area contributed by atoms with Gasteiger partial charge < -0.3 is 9.67 Å². The van der Waals surface area contributed by atoms with E-state index in [-0.39, 0.29) is 6.10 Å². The van der Waals surface area contributed by atoms with Crippen molar-refractivity contribution in [1.29, 1.82) is 0 Å². The predicted octanol–water partition coefficient (Wildman–Crippen LogP) is 1.22. The van der Waals surface area contributed by atoms with Gasteiger partial charge in [-0.25, -0.2) is 4.98 Å². The zero-order valence-corrected chi connectivity index (χ0v) is 7.70. The molecule has 0 bridgehead atoms. The molecule has 1 aromatic rings. The molecule has 0 unspecified atom stereocenters. The van der Waals surface area contributed by atoms with Crippen LogP contribution in [0.2, 0.25) is 0 Å². The highest BCUT2D eigenvalue weighted by Crippen LogP contribution is 2.02. The summed E-state index contributed by atoms with van der Waals surface area (Å²) in [6.45, 7) is 4.56. The minimum Gasteiger partial charge on any atom is -0.392 e. The van der Waals surface area contributed by atoms with Crippen LogP contribution in [0.25, 0.3) is 0 Å². The first-order valence-electron chi connectivity index (χ1n) is 4.42. The smallest absolute Gasteiger partial charge is 0.108 e. The normalized spacial score (nSPS) is 13.2. The third kappa shape index (κ3) is 2.34. The summed E-state index contributed by atoms with van der Waals surface area (Å²) in [4.78, 5) is 4.21. The molecule has 3 heteroatoms. The highest BCUT2D eigenvalue weighted by Gasteiger charge is 2.03. The summed E-state index contributed by atoms with van der Waals surface area (Å²) in [6.07, 6.45) is 5.48. The Kier molecular flexibility index (Phi) is 3.29. The molecule has 1 aromatic heterocycles. The summed E-state index contributed by atoms with van der Waals surface area (Å²) in [6, 6.07) is 0. The summed E-state index contributed by atoms with van der Waals surface area (Å²) in [5.74, 6) is 1.07. The van der Waals surface area contributed by atoms with E-state index in [2.05, 4.69) is 11.9 Å². The second kappa shape index (κ2) is 4.26. The van der Waals surface area contributed by atoms with Crippen molar-refractivity contribution in [3.8, 4) is 0 Å². The van der Waals surface area contributed by atoms with E-state index in [1.54, 1.807) is 13.1 Å². The van der Waals surface area contributed by atoms with Crippen LogP contribution in [0, 0.1) is 0 Å². The average Bonchev–Trinajstić information content (AvgIpc) is 2.37. The third-order valence-corrected chi connectivity index (χ3v) is 1.74. The highest BCUT2D eigenvalue weighted by atomic mass is 16.3. The molecule has 0 aliphatic heterocycles. The molecule has 0 saturated heterocycles. The fourth-order valence-corrected chi connectivity index (χ4v) is 1.24. The maximum Gasteiger partial charge on any atom is 0.108 e. The van der Waals surface area contributed by atoms with Crippen molar-refractivity contribution < 1.29 is 5.11 Å². The molecule has 1 rings (SSSR count). The predicted molar refractivity (Wildman–Crippen MR) is 47.9 cm³/mol. The number of hydrogen-bond acceptors (Lipinski definition) is 2. The van der Waals surface area contributed by atoms with Crippen molar-refractivity contribution in [1.82, 2.24) is 9.55 Å². The van der Waals surface area contributed by atoms with Crippen molar-refractivity contribution in [2.75, 3.05) is 0 Å². The minimum absolute atomic E-state index is 0.296. The van der Waals surface area contributed by atoms with Crippen molar-refractivity contribution in [3.63, 3.8) is 0 Å². The first kappa shape index (κ1) is 9.26. The molecule has 0 saturated carbocycles. The van der Waals surface area contributed by atoms with Crippen LogP contribution in [0.4, 0.5) is 0 Å². The third-order valence-electron chi connectivity index (χ3n) is 1.74. The van der Waals surface area contributed by atoms with Crippen LogP contribution in [-0.2, 0) is 13.0 Å². The molecule has 0 fully saturated rings. The Labute approximate surface area is 73.1 Å². The van der Waals surface area contributed by atoms with Gasteiger partial charge in [-0.3, -0.25) is 0 Å². The lowest BCUT2D eigenvalue weighted by molar-refractivity contribution is 0.172. The van der Waals surface area contributed by atoms with E-state index in [0.29, 0.717) is 6.54 Å². The van der Waals surface area contributed by atoms with Gasteiger partial charge in [0.15, 0.2) is 0 Å². The second-order valence-electron chi connectivity index (χ2n) is 3.09. The molecule has 68 valence electrons. The molecule has 1 atom stereocenters. The zero-order chi connectivity index (χ0) is 8.97. The summed E-state index contributed by atoms with van der Waals surface area (Å²) < 4.78 is 2.01. The lowest BCUT2D eigenvalue weighted by Gasteiger charge is -2.08. The van der Waals surface area contributed by atoms with Crippen LogP contribution >= 0.6 is 0 Å². The maximum atomic E-state index is 9.17. The van der Waals surface area contributed by atoms with Crippen LogP contribution < -0.4 is 0 Å². The van der Waals surface area contributed by atoms with Gasteiger partial charge in [-0.05, 0) is 13.3 Å². The fourth-order valence-electron chi connectivity index (χ4n) is 1.24. The monoisotopic (exact) mass is 168 g/mol. The Bertz CT molecular complexity index is 230. The van der Waals surface area contributed by atoms with Gasteiger partial charge >= 0.3 is 0 Å². The van der Waals surface area contributed by atoms with E-state index < -0.39 is 0 Å². The maximum absolute atomic E-state index is 9.17. The number of aryl methyl sites for hydroxylation is 1. The molecular weight excluding hydrogens is 152 g/mol. The number of imidazole rings is 1. The van der Waals surface area contributed by atoms with Gasteiger partial charge in [0.25, 0.3) is 0 Å². The number of aliphatic hydroxyl groups excluding tert-OH is 1. The quantitative estimate of drug-likeness (QED) is 0.734. The lowest BCUT2D eigenvalue weighted by atomic mass is 10.3. The Morgan fingerprint density at radius 3 is 3.00 bits per heavy atom. The summed E-state index contributed by atoms with van der Waals surface area (Å²) in [7, 11) is 0. The highest BCUT2D eigenvalue weighted by molar-refractivity contribution is 4.92. The Morgan fingerprint density at radius 2 is 2.42 bits per heavy atom. The SMILES string of the molecule is CCCc1nccn1C[C@@H](C)O. The number of rotatable bonds is 4. The van der Waals surface area contributed by atoms with Gasteiger partial charge in [0.05, 0.1) is 6.10 Å². The van der Waals surface area contributed by atoms with Gasteiger partial charge in [0, 0.05) is 25.4 Å². The van der Waals surface area contributed by atoms with Gasteiger partial charge in [-0.1, -0.05) is 6.92 Å². The molecular formula is C9H16N2O. The van der Waals surface area contributed by atoms with Gasteiger partial charge in [0.2, 0.25) is 0 Å². The molecule has 1 heterocycles. The standard InChI is InChI=1S/C9H16N2O/c1-3-4-9-10-5-6-11(9)7-8(2)12/h5-6,8,12H,3-4,7H2,1-2H3/t8-/m1/s1. The molecule has 0 aliphatic carbocycles. The van der Waals surface area contributed by atoms with Gasteiger partial charge in [-0.15, -0.1) is 0 Å². The van der Waals surface area contributed by atoms with E-state index in [4.69, 9.17) is 5.11 Å². The summed E-state index contributed by atoms with van der Waals surface area (Å²) >= 11 is 0. The number of hydrogen-bond donors (Lipinski definition) is 1. The Balaban J connectivity index is 2.63. The number of nitrogens with zero attached hydrogens (tertiary/aromatic N) is 2. The lowest BCUT2D eigenvalue weighted by Crippen LogP contribution is -2.13. The molecule has 0 spiro atoms. The van der Waals surface area contributed by atoms with E-state index in [0.717, 1.165) is 18.7 Å². The van der Waals surface area contributed by atoms with Crippen molar-refractivity contribution in [2.45, 2.75) is 39.3 Å². The van der Waals surface area contributed by atoms with Crippen molar-refractivity contribution in [2.24, 2.45) is 0 Å². The largest absolute Gasteiger partial charge is 0.392 e. The van der Waals surface area contributed by atoms with E-state index in [9.17, 15) is 0 Å². The molecule has 12 heavy (non-hydrogen) atoms. The molecule has 0 radical (unpaired) electrons. The fraction of sp³-hybridized carbons (Fsp3) is 0.667. The molecule has 0 aliphatic rings. The van der Waals surface area contributed by atoms with Crippen LogP contribution in [0.15, 0.2) is 12.4 Å². The molecule has 0 amide bonds. The van der Waals surface area contributed by atoms with E-state index in [1.165, 1.54) is 0 Å². The van der Waals surface area contributed by atoms with Crippen LogP contribution in [0.5, 0.6) is 0 Å². The molecule has 1 N–H and O–H groups in total. The Morgan fingerprint density at radius 1 is 1.67 bits per heavy atom. The minimum atomic E-state index is -0.296. The van der Waals surface area contributed by atoms with Gasteiger partial charge in [-0.2, -0.15) is 0 Å². The number of aliphatic hydroxyl groups is 1. The van der Waals surface area contributed by atoms with Crippen molar-refractivity contribution in [3.05, 3.63) is 18.2 Å². The van der Waals surface area contributed by atoms with E-state index >= 15 is 0 Å². The topological polar surface area (TPSA) is 38.0 Å². The van der Waals surface area contributed by atoms with Crippen LogP contribution in [0.1, 0.15) is 26.1 Å². The number of aromatic nitrogens is 2. The van der Waals surface area contributed by atoms with E-state index in [1.807, 2.05) is 10.8 Å². The van der Waals surface area contributed by atoms with Crippen LogP contribution in [0.3, 0.4) is 0 Å². The first-order valence-corrected chi connectivity index (χ1v) is 4.42. The zero-order valence-electron chi connectivity index (χ0n) is 7.70. The second-order valence-corrected chi connectivity index (χ2v) is 3.09.